The van der Waals surface area contributed by atoms with Gasteiger partial charge in [0.15, 0.2) is 6.04 Å². The molecule has 0 radical (unpaired) electrons. The van der Waals surface area contributed by atoms with Gasteiger partial charge in [0.05, 0.1) is 5.69 Å². The second kappa shape index (κ2) is 4.36. The van der Waals surface area contributed by atoms with Crippen molar-refractivity contribution >= 4 is 11.8 Å². The minimum atomic E-state index is -0.853. The molecule has 0 aliphatic heterocycles. The SMILES string of the molecule is CC(=O)NC(C(N)=O)c1ccccn1. The van der Waals surface area contributed by atoms with Crippen LogP contribution < -0.4 is 11.1 Å². The molecule has 0 aromatic carbocycles. The van der Waals surface area contributed by atoms with Crippen LogP contribution in [-0.2, 0) is 9.59 Å². The molecule has 1 aromatic heterocycles. The predicted octanol–water partition coefficient (Wildman–Crippen LogP) is -0.256. The van der Waals surface area contributed by atoms with Crippen LogP contribution in [0.25, 0.3) is 0 Å². The van der Waals surface area contributed by atoms with Gasteiger partial charge in [0.1, 0.15) is 0 Å². The van der Waals surface area contributed by atoms with E-state index in [0.717, 1.165) is 0 Å². The first-order valence-corrected chi connectivity index (χ1v) is 4.08. The fourth-order valence-corrected chi connectivity index (χ4v) is 1.04. The molecule has 0 spiro atoms. The van der Waals surface area contributed by atoms with Crippen LogP contribution >= 0.6 is 0 Å². The molecule has 2 amide bonds. The maximum absolute atomic E-state index is 11.0. The van der Waals surface area contributed by atoms with Crippen molar-refractivity contribution in [1.82, 2.24) is 10.3 Å². The van der Waals surface area contributed by atoms with Gasteiger partial charge in [0, 0.05) is 13.1 Å². The van der Waals surface area contributed by atoms with Crippen LogP contribution in [-0.4, -0.2) is 16.8 Å². The van der Waals surface area contributed by atoms with Crippen LogP contribution in [0.4, 0.5) is 0 Å². The van der Waals surface area contributed by atoms with Crippen molar-refractivity contribution in [1.29, 1.82) is 0 Å². The Hall–Kier alpha value is -1.91. The molecule has 0 aliphatic rings. The van der Waals surface area contributed by atoms with Crippen LogP contribution in [0.3, 0.4) is 0 Å². The van der Waals surface area contributed by atoms with E-state index in [4.69, 9.17) is 5.73 Å². The lowest BCUT2D eigenvalue weighted by molar-refractivity contribution is -0.126. The molecule has 1 unspecified atom stereocenters. The maximum atomic E-state index is 11.0. The van der Waals surface area contributed by atoms with Gasteiger partial charge in [-0.3, -0.25) is 14.6 Å². The van der Waals surface area contributed by atoms with E-state index in [1.165, 1.54) is 13.1 Å². The Labute approximate surface area is 81.3 Å². The Morgan fingerprint density at radius 2 is 2.21 bits per heavy atom. The Morgan fingerprint density at radius 1 is 1.50 bits per heavy atom. The number of hydrogen-bond acceptors (Lipinski definition) is 3. The molecule has 5 nitrogen and oxygen atoms in total. The largest absolute Gasteiger partial charge is 0.368 e. The molecule has 14 heavy (non-hydrogen) atoms. The van der Waals surface area contributed by atoms with Crippen LogP contribution in [0, 0.1) is 0 Å². The summed E-state index contributed by atoms with van der Waals surface area (Å²) in [4.78, 5) is 25.7. The topological polar surface area (TPSA) is 85.1 Å². The minimum Gasteiger partial charge on any atom is -0.368 e. The van der Waals surface area contributed by atoms with Crippen molar-refractivity contribution in [2.75, 3.05) is 0 Å². The summed E-state index contributed by atoms with van der Waals surface area (Å²) in [5.41, 5.74) is 5.56. The van der Waals surface area contributed by atoms with Gasteiger partial charge in [-0.1, -0.05) is 6.07 Å². The van der Waals surface area contributed by atoms with Gasteiger partial charge in [-0.25, -0.2) is 0 Å². The fraction of sp³-hybridized carbons (Fsp3) is 0.222. The summed E-state index contributed by atoms with van der Waals surface area (Å²) in [7, 11) is 0. The normalized spacial score (nSPS) is 11.8. The zero-order valence-electron chi connectivity index (χ0n) is 7.73. The fourth-order valence-electron chi connectivity index (χ4n) is 1.04. The number of nitrogens with zero attached hydrogens (tertiary/aromatic N) is 1. The zero-order chi connectivity index (χ0) is 10.6. The molecule has 0 bridgehead atoms. The van der Waals surface area contributed by atoms with E-state index in [1.54, 1.807) is 18.2 Å². The van der Waals surface area contributed by atoms with E-state index in [1.807, 2.05) is 0 Å². The second-order valence-electron chi connectivity index (χ2n) is 2.79. The summed E-state index contributed by atoms with van der Waals surface area (Å²) in [5.74, 6) is -0.946. The summed E-state index contributed by atoms with van der Waals surface area (Å²) in [6, 6.07) is 4.22. The second-order valence-corrected chi connectivity index (χ2v) is 2.79. The number of carbonyl (C=O) groups excluding carboxylic acids is 2. The van der Waals surface area contributed by atoms with E-state index in [0.29, 0.717) is 5.69 Å². The van der Waals surface area contributed by atoms with Gasteiger partial charge < -0.3 is 11.1 Å². The molecule has 0 aliphatic carbocycles. The van der Waals surface area contributed by atoms with Gasteiger partial charge in [0.2, 0.25) is 11.8 Å². The molecule has 1 aromatic rings. The number of aromatic nitrogens is 1. The lowest BCUT2D eigenvalue weighted by Gasteiger charge is -2.12. The summed E-state index contributed by atoms with van der Waals surface area (Å²) >= 11 is 0. The average molecular weight is 193 g/mol. The first-order chi connectivity index (χ1) is 6.61. The molecule has 74 valence electrons. The maximum Gasteiger partial charge on any atom is 0.246 e. The third-order valence-electron chi connectivity index (χ3n) is 1.62. The first-order valence-electron chi connectivity index (χ1n) is 4.08. The van der Waals surface area contributed by atoms with Crippen LogP contribution in [0.5, 0.6) is 0 Å². The van der Waals surface area contributed by atoms with Crippen molar-refractivity contribution in [3.8, 4) is 0 Å². The van der Waals surface area contributed by atoms with Gasteiger partial charge in [0.25, 0.3) is 0 Å². The minimum absolute atomic E-state index is 0.320. The third kappa shape index (κ3) is 2.55. The Morgan fingerprint density at radius 3 is 2.64 bits per heavy atom. The molecule has 1 rings (SSSR count). The van der Waals surface area contributed by atoms with Crippen LogP contribution in [0.2, 0.25) is 0 Å². The first kappa shape index (κ1) is 10.2. The van der Waals surface area contributed by atoms with Crippen molar-refractivity contribution in [3.05, 3.63) is 30.1 Å². The molecule has 3 N–H and O–H groups in total. The Bertz CT molecular complexity index is 337. The molecule has 5 heteroatoms. The van der Waals surface area contributed by atoms with Gasteiger partial charge >= 0.3 is 0 Å². The highest BCUT2D eigenvalue weighted by atomic mass is 16.2. The number of amides is 2. The number of primary amides is 1. The summed E-state index contributed by atoms with van der Waals surface area (Å²) < 4.78 is 0. The predicted molar refractivity (Wildman–Crippen MR) is 50.0 cm³/mol. The average Bonchev–Trinajstić information content (AvgIpc) is 2.15. The zero-order valence-corrected chi connectivity index (χ0v) is 7.73. The Balaban J connectivity index is 2.89. The van der Waals surface area contributed by atoms with E-state index in [9.17, 15) is 9.59 Å². The lowest BCUT2D eigenvalue weighted by atomic mass is 10.2. The summed E-state index contributed by atoms with van der Waals surface area (Å²) in [6.07, 6.45) is 1.53. The van der Waals surface area contributed by atoms with E-state index >= 15 is 0 Å². The van der Waals surface area contributed by atoms with Crippen LogP contribution in [0.1, 0.15) is 18.7 Å². The molecule has 1 heterocycles. The highest BCUT2D eigenvalue weighted by molar-refractivity contribution is 5.86. The molecule has 1 atom stereocenters. The van der Waals surface area contributed by atoms with E-state index in [-0.39, 0.29) is 5.91 Å². The van der Waals surface area contributed by atoms with Crippen molar-refractivity contribution in [2.45, 2.75) is 13.0 Å². The van der Waals surface area contributed by atoms with Crippen molar-refractivity contribution in [3.63, 3.8) is 0 Å². The van der Waals surface area contributed by atoms with Gasteiger partial charge in [-0.2, -0.15) is 0 Å². The van der Waals surface area contributed by atoms with Gasteiger partial charge in [-0.15, -0.1) is 0 Å². The number of carbonyl (C=O) groups is 2. The van der Waals surface area contributed by atoms with E-state index < -0.39 is 11.9 Å². The van der Waals surface area contributed by atoms with Crippen molar-refractivity contribution in [2.24, 2.45) is 5.73 Å². The number of pyridine rings is 1. The monoisotopic (exact) mass is 193 g/mol. The summed E-state index contributed by atoms with van der Waals surface area (Å²) in [6.45, 7) is 1.32. The molecule has 0 saturated carbocycles. The molecule has 0 fully saturated rings. The number of rotatable bonds is 3. The molecule has 0 saturated heterocycles. The summed E-state index contributed by atoms with van der Waals surface area (Å²) in [5, 5.41) is 2.42. The lowest BCUT2D eigenvalue weighted by Crippen LogP contribution is -2.36. The highest BCUT2D eigenvalue weighted by Gasteiger charge is 2.19. The van der Waals surface area contributed by atoms with Crippen LogP contribution in [0.15, 0.2) is 24.4 Å². The third-order valence-corrected chi connectivity index (χ3v) is 1.62. The molecular weight excluding hydrogens is 182 g/mol. The Kier molecular flexibility index (Phi) is 3.17. The number of nitrogens with two attached hydrogens (primary N) is 1. The molecular formula is C9H11N3O2. The van der Waals surface area contributed by atoms with Crippen molar-refractivity contribution < 1.29 is 9.59 Å². The standard InChI is InChI=1S/C9H11N3O2/c1-6(13)12-8(9(10)14)7-4-2-3-5-11-7/h2-5,8H,1H3,(H2,10,14)(H,12,13). The smallest absolute Gasteiger partial charge is 0.246 e. The highest BCUT2D eigenvalue weighted by Crippen LogP contribution is 2.07. The van der Waals surface area contributed by atoms with Gasteiger partial charge in [-0.05, 0) is 12.1 Å². The number of hydrogen-bond donors (Lipinski definition) is 2. The number of nitrogens with one attached hydrogen (secondary N) is 1. The quantitative estimate of drug-likeness (QED) is 0.693. The van der Waals surface area contributed by atoms with E-state index in [2.05, 4.69) is 10.3 Å².